The fraction of sp³-hybridized carbons (Fsp3) is 0.348. The number of anilines is 1. The van der Waals surface area contributed by atoms with Crippen LogP contribution in [0.15, 0.2) is 29.6 Å². The molecule has 2 amide bonds. The van der Waals surface area contributed by atoms with Crippen molar-refractivity contribution in [3.05, 3.63) is 46.5 Å². The molecular weight excluding hydrogens is 549 g/mol. The maximum absolute atomic E-state index is 13.6. The molecule has 4 rings (SSSR count). The molecule has 0 radical (unpaired) electrons. The minimum atomic E-state index is -4.68. The Morgan fingerprint density at radius 1 is 1.34 bits per heavy atom. The normalized spacial score (nSPS) is 23.3. The van der Waals surface area contributed by atoms with Crippen molar-refractivity contribution in [1.29, 1.82) is 0 Å². The number of hydrogen-bond acceptors (Lipinski definition) is 9. The minimum absolute atomic E-state index is 0.000699. The number of nitrogens with one attached hydrogen (secondary N) is 1. The van der Waals surface area contributed by atoms with Crippen molar-refractivity contribution in [1.82, 2.24) is 15.2 Å². The van der Waals surface area contributed by atoms with Crippen molar-refractivity contribution in [2.75, 3.05) is 24.6 Å². The summed E-state index contributed by atoms with van der Waals surface area (Å²) in [4.78, 5) is 54.6. The second kappa shape index (κ2) is 10.3. The van der Waals surface area contributed by atoms with Crippen molar-refractivity contribution in [3.63, 3.8) is 0 Å². The van der Waals surface area contributed by atoms with Crippen LogP contribution in [-0.4, -0.2) is 69.1 Å². The number of carboxylic acid groups (broad SMARTS) is 1. The number of hydrogen-bond donors (Lipinski definition) is 3. The summed E-state index contributed by atoms with van der Waals surface area (Å²) in [6.07, 6.45) is -3.64. The summed E-state index contributed by atoms with van der Waals surface area (Å²) in [7, 11) is 0. The number of ether oxygens (including phenoxy) is 1. The van der Waals surface area contributed by atoms with Crippen LogP contribution in [0.2, 0.25) is 0 Å². The number of aromatic nitrogens is 1. The maximum Gasteiger partial charge on any atom is 0.416 e. The van der Waals surface area contributed by atoms with Crippen LogP contribution in [0.4, 0.5) is 18.3 Å². The highest BCUT2D eigenvalue weighted by atomic mass is 32.2. The Hall–Kier alpha value is -3.59. The van der Waals surface area contributed by atoms with Crippen LogP contribution in [0.3, 0.4) is 0 Å². The number of thiazole rings is 1. The van der Waals surface area contributed by atoms with E-state index in [2.05, 4.69) is 10.3 Å². The average molecular weight is 571 g/mol. The van der Waals surface area contributed by atoms with Crippen molar-refractivity contribution in [2.24, 2.45) is 5.41 Å². The Morgan fingerprint density at radius 3 is 2.66 bits per heavy atom. The van der Waals surface area contributed by atoms with Gasteiger partial charge in [-0.3, -0.25) is 19.2 Å². The molecule has 0 bridgehead atoms. The van der Waals surface area contributed by atoms with Gasteiger partial charge in [-0.25, -0.2) is 4.98 Å². The molecule has 38 heavy (non-hydrogen) atoms. The van der Waals surface area contributed by atoms with Crippen LogP contribution in [0.25, 0.3) is 11.6 Å². The van der Waals surface area contributed by atoms with Crippen LogP contribution in [0.5, 0.6) is 0 Å². The van der Waals surface area contributed by atoms with Gasteiger partial charge < -0.3 is 25.8 Å². The van der Waals surface area contributed by atoms with Crippen molar-refractivity contribution < 1.29 is 42.2 Å². The summed E-state index contributed by atoms with van der Waals surface area (Å²) >= 11 is 2.08. The molecule has 10 nitrogen and oxygen atoms in total. The number of carbonyl (C=O) groups excluding carboxylic acids is 3. The fourth-order valence-corrected chi connectivity index (χ4v) is 6.15. The Labute approximate surface area is 222 Å². The monoisotopic (exact) mass is 570 g/mol. The molecule has 2 aromatic rings. The smallest absolute Gasteiger partial charge is 0.416 e. The van der Waals surface area contributed by atoms with Gasteiger partial charge in [0.2, 0.25) is 5.91 Å². The number of rotatable bonds is 7. The van der Waals surface area contributed by atoms with E-state index >= 15 is 0 Å². The van der Waals surface area contributed by atoms with Gasteiger partial charge in [-0.1, -0.05) is 18.2 Å². The highest BCUT2D eigenvalue weighted by Crippen LogP contribution is 2.43. The third-order valence-corrected chi connectivity index (χ3v) is 8.31. The lowest BCUT2D eigenvalue weighted by molar-refractivity contribution is -0.164. The number of benzene rings is 1. The SMILES string of the molecule is CC(=O)OCC1(C(=O)O)CS[C@@H]2C(NC(=O)C(=Cc3ccccc3C(F)(F)F)c3csc(N)n3)C(=O)N2C1. The van der Waals surface area contributed by atoms with E-state index in [1.807, 2.05) is 0 Å². The van der Waals surface area contributed by atoms with E-state index in [1.54, 1.807) is 0 Å². The van der Waals surface area contributed by atoms with E-state index in [9.17, 15) is 37.5 Å². The molecule has 2 aliphatic rings. The molecule has 1 aromatic heterocycles. The van der Waals surface area contributed by atoms with Gasteiger partial charge in [0.15, 0.2) is 5.13 Å². The number of amides is 2. The number of nitrogens with two attached hydrogens (primary N) is 1. The lowest BCUT2D eigenvalue weighted by Gasteiger charge is -2.53. The summed E-state index contributed by atoms with van der Waals surface area (Å²) in [5.41, 5.74) is 2.74. The molecule has 15 heteroatoms. The Kier molecular flexibility index (Phi) is 7.43. The Bertz CT molecular complexity index is 1330. The topological polar surface area (TPSA) is 152 Å². The highest BCUT2D eigenvalue weighted by Gasteiger charge is 2.58. The lowest BCUT2D eigenvalue weighted by atomic mass is 9.88. The van der Waals surface area contributed by atoms with Gasteiger partial charge in [-0.15, -0.1) is 23.1 Å². The molecule has 0 saturated carbocycles. The van der Waals surface area contributed by atoms with Crippen LogP contribution in [0, 0.1) is 5.41 Å². The van der Waals surface area contributed by atoms with Crippen LogP contribution in [0.1, 0.15) is 23.7 Å². The largest absolute Gasteiger partial charge is 0.481 e. The average Bonchev–Trinajstić information content (AvgIpc) is 3.29. The van der Waals surface area contributed by atoms with Gasteiger partial charge in [-0.05, 0) is 17.7 Å². The van der Waals surface area contributed by atoms with E-state index < -0.39 is 58.9 Å². The van der Waals surface area contributed by atoms with Gasteiger partial charge in [0, 0.05) is 24.6 Å². The molecule has 0 spiro atoms. The van der Waals surface area contributed by atoms with Gasteiger partial charge in [0.25, 0.3) is 5.91 Å². The molecule has 2 saturated heterocycles. The number of aliphatic carboxylic acids is 1. The van der Waals surface area contributed by atoms with Gasteiger partial charge in [0.05, 0.1) is 16.8 Å². The standard InChI is InChI=1S/C23H21F3N4O6S2/c1-11(31)36-9-22(20(34)35)8-30-18(33)16(19(30)38-10-22)29-17(32)13(15-7-37-21(27)28-15)6-12-4-2-3-5-14(12)23(24,25)26/h2-7,16,19H,8-10H2,1H3,(H2,27,28)(H,29,32)(H,34,35)/t16?,19-,22?/m1/s1. The molecular formula is C23H21F3N4O6S2. The zero-order valence-corrected chi connectivity index (χ0v) is 21.3. The zero-order valence-electron chi connectivity index (χ0n) is 19.7. The molecule has 2 unspecified atom stereocenters. The van der Waals surface area contributed by atoms with E-state index in [0.29, 0.717) is 0 Å². The molecule has 2 aliphatic heterocycles. The van der Waals surface area contributed by atoms with Crippen molar-refractivity contribution >= 4 is 63.6 Å². The second-order valence-corrected chi connectivity index (χ2v) is 10.7. The second-order valence-electron chi connectivity index (χ2n) is 8.70. The summed E-state index contributed by atoms with van der Waals surface area (Å²) in [6.45, 7) is 0.487. The van der Waals surface area contributed by atoms with Crippen LogP contribution < -0.4 is 11.1 Å². The molecule has 3 atom stereocenters. The number of nitrogens with zero attached hydrogens (tertiary/aromatic N) is 2. The van der Waals surface area contributed by atoms with Gasteiger partial charge in [-0.2, -0.15) is 13.2 Å². The summed E-state index contributed by atoms with van der Waals surface area (Å²) < 4.78 is 45.6. The van der Waals surface area contributed by atoms with Gasteiger partial charge >= 0.3 is 18.1 Å². The van der Waals surface area contributed by atoms with E-state index in [1.165, 1.54) is 28.5 Å². The fourth-order valence-electron chi connectivity index (χ4n) is 4.07. The number of alkyl halides is 3. The predicted octanol–water partition coefficient (Wildman–Crippen LogP) is 2.32. The number of carboxylic acids is 1. The third-order valence-electron chi connectivity index (χ3n) is 6.05. The number of β-lactam (4-membered cyclic amide) rings is 1. The predicted molar refractivity (Wildman–Crippen MR) is 132 cm³/mol. The number of halogens is 3. The summed E-state index contributed by atoms with van der Waals surface area (Å²) in [5.74, 6) is -3.31. The van der Waals surface area contributed by atoms with Gasteiger partial charge in [0.1, 0.15) is 23.4 Å². The van der Waals surface area contributed by atoms with E-state index in [-0.39, 0.29) is 34.3 Å². The number of esters is 1. The number of thioether (sulfide) groups is 1. The minimum Gasteiger partial charge on any atom is -0.481 e. The number of nitrogen functional groups attached to an aromatic ring is 1. The van der Waals surface area contributed by atoms with Crippen LogP contribution >= 0.6 is 23.1 Å². The summed E-state index contributed by atoms with van der Waals surface area (Å²) in [6, 6.07) is 3.65. The first-order chi connectivity index (χ1) is 17.8. The molecule has 0 aliphatic carbocycles. The molecule has 202 valence electrons. The Morgan fingerprint density at radius 2 is 2.05 bits per heavy atom. The first-order valence-corrected chi connectivity index (χ1v) is 12.9. The third kappa shape index (κ3) is 5.34. The molecule has 3 heterocycles. The summed E-state index contributed by atoms with van der Waals surface area (Å²) in [5, 5.41) is 13.2. The van der Waals surface area contributed by atoms with E-state index in [4.69, 9.17) is 10.5 Å². The van der Waals surface area contributed by atoms with Crippen molar-refractivity contribution in [3.8, 4) is 0 Å². The molecule has 4 N–H and O–H groups in total. The quantitative estimate of drug-likeness (QED) is 0.259. The first-order valence-electron chi connectivity index (χ1n) is 11.0. The Balaban J connectivity index is 1.57. The van der Waals surface area contributed by atoms with Crippen molar-refractivity contribution in [2.45, 2.75) is 24.5 Å². The molecule has 1 aromatic carbocycles. The van der Waals surface area contributed by atoms with Crippen LogP contribution in [-0.2, 0) is 30.1 Å². The molecule has 2 fully saturated rings. The zero-order chi connectivity index (χ0) is 27.8. The number of fused-ring (bicyclic) bond motifs is 1. The lowest BCUT2D eigenvalue weighted by Crippen LogP contribution is -2.74. The first kappa shape index (κ1) is 27.4. The van der Waals surface area contributed by atoms with E-state index in [0.717, 1.165) is 42.2 Å². The highest BCUT2D eigenvalue weighted by molar-refractivity contribution is 8.00. The maximum atomic E-state index is 13.6. The number of carbonyl (C=O) groups is 4.